The lowest BCUT2D eigenvalue weighted by molar-refractivity contribution is -0.146. The zero-order chi connectivity index (χ0) is 16.2. The Morgan fingerprint density at radius 2 is 1.91 bits per heavy atom. The molecule has 0 radical (unpaired) electrons. The van der Waals surface area contributed by atoms with E-state index in [0.717, 1.165) is 5.56 Å². The van der Waals surface area contributed by atoms with Gasteiger partial charge in [-0.15, -0.1) is 0 Å². The lowest BCUT2D eigenvalue weighted by Crippen LogP contribution is -2.44. The van der Waals surface area contributed by atoms with Crippen molar-refractivity contribution in [2.75, 3.05) is 26.2 Å². The maximum atomic E-state index is 12.1. The average Bonchev–Trinajstić information content (AvgIpc) is 2.54. The van der Waals surface area contributed by atoms with Crippen molar-refractivity contribution in [2.45, 2.75) is 13.0 Å². The molecule has 0 aliphatic carbocycles. The van der Waals surface area contributed by atoms with Gasteiger partial charge in [-0.3, -0.25) is 14.4 Å². The molecule has 3 N–H and O–H groups in total. The average molecular weight is 307 g/mol. The topological polar surface area (TPSA) is 98.7 Å². The van der Waals surface area contributed by atoms with E-state index in [2.05, 4.69) is 10.6 Å². The first kappa shape index (κ1) is 17.6. The summed E-state index contributed by atoms with van der Waals surface area (Å²) in [5.74, 6) is -1.39. The third-order valence-electron chi connectivity index (χ3n) is 2.93. The van der Waals surface area contributed by atoms with Crippen LogP contribution in [0.25, 0.3) is 0 Å². The molecule has 1 rings (SSSR count). The summed E-state index contributed by atoms with van der Waals surface area (Å²) >= 11 is 0. The van der Waals surface area contributed by atoms with Gasteiger partial charge in [-0.05, 0) is 12.0 Å². The van der Waals surface area contributed by atoms with Crippen molar-refractivity contribution in [1.82, 2.24) is 15.5 Å². The molecule has 0 aliphatic heterocycles. The molecule has 0 bridgehead atoms. The molecule has 0 spiro atoms. The van der Waals surface area contributed by atoms with Gasteiger partial charge in [0.15, 0.2) is 0 Å². The minimum absolute atomic E-state index is 0.0911. The van der Waals surface area contributed by atoms with Crippen molar-refractivity contribution >= 4 is 18.2 Å². The van der Waals surface area contributed by atoms with Crippen LogP contribution in [-0.2, 0) is 20.9 Å². The highest BCUT2D eigenvalue weighted by Gasteiger charge is 2.21. The summed E-state index contributed by atoms with van der Waals surface area (Å²) in [6, 6.07) is 9.25. The molecule has 22 heavy (non-hydrogen) atoms. The molecule has 1 aromatic rings. The Morgan fingerprint density at radius 3 is 2.55 bits per heavy atom. The molecule has 0 fully saturated rings. The molecule has 0 aliphatic rings. The van der Waals surface area contributed by atoms with E-state index in [0.29, 0.717) is 25.9 Å². The van der Waals surface area contributed by atoms with E-state index in [-0.39, 0.29) is 19.7 Å². The summed E-state index contributed by atoms with van der Waals surface area (Å²) < 4.78 is 0. The van der Waals surface area contributed by atoms with Crippen molar-refractivity contribution in [3.8, 4) is 0 Å². The largest absolute Gasteiger partial charge is 0.395 e. The van der Waals surface area contributed by atoms with Gasteiger partial charge in [0.25, 0.3) is 0 Å². The van der Waals surface area contributed by atoms with Gasteiger partial charge in [0.05, 0.1) is 6.61 Å². The lowest BCUT2D eigenvalue weighted by atomic mass is 10.2. The van der Waals surface area contributed by atoms with Crippen LogP contribution in [0, 0.1) is 0 Å². The number of rotatable bonds is 9. The normalized spacial score (nSPS) is 9.86. The second-order valence-electron chi connectivity index (χ2n) is 4.62. The number of nitrogens with zero attached hydrogens (tertiary/aromatic N) is 1. The summed E-state index contributed by atoms with van der Waals surface area (Å²) in [6.45, 7) is 0.870. The van der Waals surface area contributed by atoms with Gasteiger partial charge >= 0.3 is 11.8 Å². The number of carbonyl (C=O) groups excluding carboxylic acids is 3. The summed E-state index contributed by atoms with van der Waals surface area (Å²) in [4.78, 5) is 35.3. The SMILES string of the molecule is O=CNCCCNC(=O)C(=O)N(CCO)Cc1ccccc1. The standard InChI is InChI=1S/C15H21N3O4/c19-10-9-18(11-13-5-2-1-3-6-13)15(22)14(21)17-8-4-7-16-12-20/h1-3,5-6,12,19H,4,7-11H2,(H,16,20)(H,17,21). The number of aliphatic hydroxyl groups excluding tert-OH is 1. The number of hydrogen-bond acceptors (Lipinski definition) is 4. The van der Waals surface area contributed by atoms with E-state index in [1.165, 1.54) is 4.90 Å². The summed E-state index contributed by atoms with van der Waals surface area (Å²) in [7, 11) is 0. The molecule has 0 heterocycles. The van der Waals surface area contributed by atoms with Gasteiger partial charge in [-0.2, -0.15) is 0 Å². The second-order valence-corrected chi connectivity index (χ2v) is 4.62. The number of carbonyl (C=O) groups is 3. The van der Waals surface area contributed by atoms with E-state index in [9.17, 15) is 14.4 Å². The molecule has 0 aromatic heterocycles. The van der Waals surface area contributed by atoms with Crippen LogP contribution in [0.15, 0.2) is 30.3 Å². The summed E-state index contributed by atoms with van der Waals surface area (Å²) in [6.07, 6.45) is 1.12. The van der Waals surface area contributed by atoms with Gasteiger partial charge in [0, 0.05) is 26.2 Å². The molecule has 0 saturated carbocycles. The number of benzene rings is 1. The maximum Gasteiger partial charge on any atom is 0.312 e. The molecule has 0 saturated heterocycles. The molecular weight excluding hydrogens is 286 g/mol. The molecule has 0 atom stereocenters. The van der Waals surface area contributed by atoms with Crippen molar-refractivity contribution < 1.29 is 19.5 Å². The zero-order valence-corrected chi connectivity index (χ0v) is 12.3. The van der Waals surface area contributed by atoms with Gasteiger partial charge in [0.1, 0.15) is 0 Å². The van der Waals surface area contributed by atoms with E-state index >= 15 is 0 Å². The van der Waals surface area contributed by atoms with Crippen LogP contribution >= 0.6 is 0 Å². The highest BCUT2D eigenvalue weighted by Crippen LogP contribution is 2.04. The van der Waals surface area contributed by atoms with Crippen LogP contribution in [0.1, 0.15) is 12.0 Å². The van der Waals surface area contributed by atoms with Crippen molar-refractivity contribution in [2.24, 2.45) is 0 Å². The van der Waals surface area contributed by atoms with E-state index in [1.54, 1.807) is 0 Å². The molecule has 120 valence electrons. The monoisotopic (exact) mass is 307 g/mol. The molecular formula is C15H21N3O4. The molecule has 0 unspecified atom stereocenters. The first-order chi connectivity index (χ1) is 10.7. The minimum Gasteiger partial charge on any atom is -0.395 e. The Hall–Kier alpha value is -2.41. The lowest BCUT2D eigenvalue weighted by Gasteiger charge is -2.21. The summed E-state index contributed by atoms with van der Waals surface area (Å²) in [5, 5.41) is 14.0. The fraction of sp³-hybridized carbons (Fsp3) is 0.400. The van der Waals surface area contributed by atoms with E-state index in [1.807, 2.05) is 30.3 Å². The third-order valence-corrected chi connectivity index (χ3v) is 2.93. The quantitative estimate of drug-likeness (QED) is 0.318. The van der Waals surface area contributed by atoms with E-state index < -0.39 is 11.8 Å². The maximum absolute atomic E-state index is 12.1. The van der Waals surface area contributed by atoms with Crippen LogP contribution in [0.3, 0.4) is 0 Å². The number of aliphatic hydroxyl groups is 1. The Bertz CT molecular complexity index is 479. The molecule has 3 amide bonds. The van der Waals surface area contributed by atoms with Crippen molar-refractivity contribution in [1.29, 1.82) is 0 Å². The number of amides is 3. The number of nitrogens with one attached hydrogen (secondary N) is 2. The van der Waals surface area contributed by atoms with Crippen molar-refractivity contribution in [3.63, 3.8) is 0 Å². The van der Waals surface area contributed by atoms with Gasteiger partial charge in [-0.25, -0.2) is 0 Å². The van der Waals surface area contributed by atoms with Crippen LogP contribution in [0.5, 0.6) is 0 Å². The Kier molecular flexibility index (Phi) is 8.29. The van der Waals surface area contributed by atoms with Gasteiger partial charge in [-0.1, -0.05) is 30.3 Å². The summed E-state index contributed by atoms with van der Waals surface area (Å²) in [5.41, 5.74) is 0.882. The van der Waals surface area contributed by atoms with Crippen LogP contribution in [0.4, 0.5) is 0 Å². The highest BCUT2D eigenvalue weighted by atomic mass is 16.3. The van der Waals surface area contributed by atoms with Crippen LogP contribution < -0.4 is 10.6 Å². The Balaban J connectivity index is 2.49. The predicted molar refractivity (Wildman–Crippen MR) is 80.6 cm³/mol. The van der Waals surface area contributed by atoms with Crippen molar-refractivity contribution in [3.05, 3.63) is 35.9 Å². The van der Waals surface area contributed by atoms with Crippen LogP contribution in [-0.4, -0.2) is 54.5 Å². The zero-order valence-electron chi connectivity index (χ0n) is 12.3. The smallest absolute Gasteiger partial charge is 0.312 e. The molecule has 7 heteroatoms. The third kappa shape index (κ3) is 6.36. The van der Waals surface area contributed by atoms with E-state index in [4.69, 9.17) is 5.11 Å². The first-order valence-electron chi connectivity index (χ1n) is 7.08. The second kappa shape index (κ2) is 10.3. The Labute approximate surface area is 129 Å². The number of hydrogen-bond donors (Lipinski definition) is 3. The fourth-order valence-electron chi connectivity index (χ4n) is 1.85. The molecule has 7 nitrogen and oxygen atoms in total. The van der Waals surface area contributed by atoms with Crippen LogP contribution in [0.2, 0.25) is 0 Å². The van der Waals surface area contributed by atoms with Gasteiger partial charge < -0.3 is 20.6 Å². The Morgan fingerprint density at radius 1 is 1.18 bits per heavy atom. The predicted octanol–water partition coefficient (Wildman–Crippen LogP) is -0.740. The fourth-order valence-corrected chi connectivity index (χ4v) is 1.85. The molecule has 1 aromatic carbocycles. The first-order valence-corrected chi connectivity index (χ1v) is 7.08. The minimum atomic E-state index is -0.713. The highest BCUT2D eigenvalue weighted by molar-refractivity contribution is 6.34. The van der Waals surface area contributed by atoms with Gasteiger partial charge in [0.2, 0.25) is 6.41 Å².